The summed E-state index contributed by atoms with van der Waals surface area (Å²) in [6.45, 7) is 11.4. The van der Waals surface area contributed by atoms with E-state index in [2.05, 4.69) is 51.2 Å². The molecule has 0 bridgehead atoms. The van der Waals surface area contributed by atoms with E-state index in [4.69, 9.17) is 9.47 Å². The predicted molar refractivity (Wildman–Crippen MR) is 85.3 cm³/mol. The van der Waals surface area contributed by atoms with Gasteiger partial charge in [0.1, 0.15) is 13.2 Å². The quantitative estimate of drug-likeness (QED) is 0.923. The molecule has 1 heterocycles. The van der Waals surface area contributed by atoms with Crippen LogP contribution >= 0.6 is 0 Å². The summed E-state index contributed by atoms with van der Waals surface area (Å²) >= 11 is 0. The van der Waals surface area contributed by atoms with Crippen LogP contribution in [0.15, 0.2) is 18.2 Å². The van der Waals surface area contributed by atoms with Gasteiger partial charge >= 0.3 is 0 Å². The first-order valence-electron chi connectivity index (χ1n) is 8.03. The summed E-state index contributed by atoms with van der Waals surface area (Å²) in [5, 5.41) is 3.69. The van der Waals surface area contributed by atoms with E-state index >= 15 is 0 Å². The van der Waals surface area contributed by atoms with Crippen LogP contribution in [0.2, 0.25) is 0 Å². The van der Waals surface area contributed by atoms with Crippen molar-refractivity contribution in [2.24, 2.45) is 5.92 Å². The molecule has 1 N–H and O–H groups in total. The molecule has 1 saturated carbocycles. The average molecular weight is 289 g/mol. The Morgan fingerprint density at radius 3 is 2.43 bits per heavy atom. The maximum absolute atomic E-state index is 5.75. The van der Waals surface area contributed by atoms with Gasteiger partial charge in [0.25, 0.3) is 0 Å². The van der Waals surface area contributed by atoms with E-state index in [0.29, 0.717) is 13.2 Å². The lowest BCUT2D eigenvalue weighted by Crippen LogP contribution is -2.52. The minimum Gasteiger partial charge on any atom is -0.486 e. The summed E-state index contributed by atoms with van der Waals surface area (Å²) in [5.74, 6) is 2.60. The van der Waals surface area contributed by atoms with E-state index < -0.39 is 0 Å². The molecule has 1 aromatic rings. The van der Waals surface area contributed by atoms with Crippen LogP contribution in [0.25, 0.3) is 0 Å². The maximum atomic E-state index is 5.75. The molecule has 1 aliphatic heterocycles. The van der Waals surface area contributed by atoms with Gasteiger partial charge in [-0.1, -0.05) is 13.0 Å². The lowest BCUT2D eigenvalue weighted by Gasteiger charge is -2.48. The zero-order chi connectivity index (χ0) is 15.1. The second-order valence-electron chi connectivity index (χ2n) is 7.76. The number of hydrogen-bond acceptors (Lipinski definition) is 3. The molecule has 1 fully saturated rings. The molecule has 0 amide bonds. The molecule has 1 aromatic carbocycles. The highest BCUT2D eigenvalue weighted by Gasteiger charge is 2.44. The molecule has 3 rings (SSSR count). The van der Waals surface area contributed by atoms with Gasteiger partial charge in [-0.3, -0.25) is 0 Å². The van der Waals surface area contributed by atoms with Gasteiger partial charge in [-0.15, -0.1) is 0 Å². The molecule has 0 spiro atoms. The molecule has 0 aromatic heterocycles. The van der Waals surface area contributed by atoms with E-state index in [-0.39, 0.29) is 11.0 Å². The fraction of sp³-hybridized carbons (Fsp3) is 0.667. The number of hydrogen-bond donors (Lipinski definition) is 1. The van der Waals surface area contributed by atoms with Crippen molar-refractivity contribution in [3.05, 3.63) is 23.8 Å². The maximum Gasteiger partial charge on any atom is 0.161 e. The summed E-state index contributed by atoms with van der Waals surface area (Å²) in [7, 11) is 0. The normalized spacial score (nSPS) is 28.1. The van der Waals surface area contributed by atoms with Crippen LogP contribution in [0, 0.1) is 5.92 Å². The summed E-state index contributed by atoms with van der Waals surface area (Å²) in [4.78, 5) is 0. The molecule has 21 heavy (non-hydrogen) atoms. The van der Waals surface area contributed by atoms with E-state index in [1.807, 2.05) is 0 Å². The Morgan fingerprint density at radius 2 is 1.81 bits per heavy atom. The second-order valence-corrected chi connectivity index (χ2v) is 7.76. The van der Waals surface area contributed by atoms with E-state index in [0.717, 1.165) is 24.0 Å². The molecule has 0 radical (unpaired) electrons. The lowest BCUT2D eigenvalue weighted by atomic mass is 9.59. The standard InChI is InChI=1S/C18H27NO2/c1-13-10-18(11-13,12-19-17(2,3)4)14-5-6-15-16(9-14)21-8-7-20-15/h5-6,9,13,19H,7-8,10-12H2,1-4H3. The van der Waals surface area contributed by atoms with Gasteiger partial charge in [0.15, 0.2) is 11.5 Å². The molecule has 3 heteroatoms. The number of nitrogens with one attached hydrogen (secondary N) is 1. The first-order valence-corrected chi connectivity index (χ1v) is 8.03. The molecule has 2 aliphatic rings. The number of benzene rings is 1. The highest BCUT2D eigenvalue weighted by atomic mass is 16.6. The van der Waals surface area contributed by atoms with E-state index in [9.17, 15) is 0 Å². The Labute approximate surface area is 128 Å². The van der Waals surface area contributed by atoms with Crippen LogP contribution in [0.5, 0.6) is 11.5 Å². The lowest BCUT2D eigenvalue weighted by molar-refractivity contribution is 0.139. The van der Waals surface area contributed by atoms with Crippen molar-refractivity contribution in [3.8, 4) is 11.5 Å². The molecule has 0 unspecified atom stereocenters. The van der Waals surface area contributed by atoms with Crippen LogP contribution in [0.1, 0.15) is 46.1 Å². The minimum absolute atomic E-state index is 0.152. The van der Waals surface area contributed by atoms with Gasteiger partial charge in [-0.05, 0) is 57.2 Å². The first-order chi connectivity index (χ1) is 9.88. The Hall–Kier alpha value is -1.22. The topological polar surface area (TPSA) is 30.5 Å². The summed E-state index contributed by atoms with van der Waals surface area (Å²) in [5.41, 5.74) is 1.80. The average Bonchev–Trinajstić information content (AvgIpc) is 2.41. The van der Waals surface area contributed by atoms with Gasteiger partial charge in [0.05, 0.1) is 0 Å². The molecular formula is C18H27NO2. The Balaban J connectivity index is 1.84. The largest absolute Gasteiger partial charge is 0.486 e. The van der Waals surface area contributed by atoms with Crippen molar-refractivity contribution < 1.29 is 9.47 Å². The number of fused-ring (bicyclic) bond motifs is 1. The minimum atomic E-state index is 0.152. The van der Waals surface area contributed by atoms with E-state index in [1.54, 1.807) is 0 Å². The highest BCUT2D eigenvalue weighted by Crippen LogP contribution is 2.49. The SMILES string of the molecule is CC1CC(CNC(C)(C)C)(c2ccc3c(c2)OCCO3)C1. The fourth-order valence-electron chi connectivity index (χ4n) is 3.56. The second kappa shape index (κ2) is 5.20. The van der Waals surface area contributed by atoms with Gasteiger partial charge in [-0.2, -0.15) is 0 Å². The van der Waals surface area contributed by atoms with Gasteiger partial charge in [-0.25, -0.2) is 0 Å². The highest BCUT2D eigenvalue weighted by molar-refractivity contribution is 5.47. The summed E-state index contributed by atoms with van der Waals surface area (Å²) < 4.78 is 11.4. The summed E-state index contributed by atoms with van der Waals surface area (Å²) in [6, 6.07) is 6.50. The molecule has 3 nitrogen and oxygen atoms in total. The molecular weight excluding hydrogens is 262 g/mol. The Morgan fingerprint density at radius 1 is 1.14 bits per heavy atom. The van der Waals surface area contributed by atoms with Crippen molar-refractivity contribution in [2.75, 3.05) is 19.8 Å². The van der Waals surface area contributed by atoms with Crippen molar-refractivity contribution in [1.82, 2.24) is 5.32 Å². The van der Waals surface area contributed by atoms with Crippen LogP contribution in [-0.4, -0.2) is 25.3 Å². The van der Waals surface area contributed by atoms with E-state index in [1.165, 1.54) is 18.4 Å². The first kappa shape index (κ1) is 14.7. The summed E-state index contributed by atoms with van der Waals surface area (Å²) in [6.07, 6.45) is 2.49. The fourth-order valence-corrected chi connectivity index (χ4v) is 3.56. The van der Waals surface area contributed by atoms with Crippen LogP contribution in [-0.2, 0) is 5.41 Å². The zero-order valence-electron chi connectivity index (χ0n) is 13.7. The molecule has 116 valence electrons. The predicted octanol–water partition coefficient (Wildman–Crippen LogP) is 3.51. The molecule has 0 saturated heterocycles. The third-order valence-electron chi connectivity index (χ3n) is 4.59. The Kier molecular flexibility index (Phi) is 3.64. The smallest absolute Gasteiger partial charge is 0.161 e. The third-order valence-corrected chi connectivity index (χ3v) is 4.59. The van der Waals surface area contributed by atoms with Crippen LogP contribution in [0.3, 0.4) is 0 Å². The third kappa shape index (κ3) is 3.03. The number of ether oxygens (including phenoxy) is 2. The van der Waals surface area contributed by atoms with Crippen molar-refractivity contribution in [3.63, 3.8) is 0 Å². The number of rotatable bonds is 3. The van der Waals surface area contributed by atoms with Gasteiger partial charge < -0.3 is 14.8 Å². The van der Waals surface area contributed by atoms with Crippen molar-refractivity contribution in [1.29, 1.82) is 0 Å². The van der Waals surface area contributed by atoms with Crippen molar-refractivity contribution >= 4 is 0 Å². The zero-order valence-corrected chi connectivity index (χ0v) is 13.7. The van der Waals surface area contributed by atoms with Crippen LogP contribution in [0.4, 0.5) is 0 Å². The monoisotopic (exact) mass is 289 g/mol. The molecule has 1 aliphatic carbocycles. The molecule has 0 atom stereocenters. The van der Waals surface area contributed by atoms with Crippen molar-refractivity contribution in [2.45, 2.75) is 51.5 Å². The van der Waals surface area contributed by atoms with Crippen LogP contribution < -0.4 is 14.8 Å². The Bertz CT molecular complexity index is 512. The van der Waals surface area contributed by atoms with Gasteiger partial charge in [0.2, 0.25) is 0 Å². The van der Waals surface area contributed by atoms with Gasteiger partial charge in [0, 0.05) is 17.5 Å².